The van der Waals surface area contributed by atoms with Crippen LogP contribution in [0.5, 0.6) is 0 Å². The van der Waals surface area contributed by atoms with E-state index in [1.807, 2.05) is 12.1 Å². The van der Waals surface area contributed by atoms with Gasteiger partial charge >= 0.3 is 5.97 Å². The molecule has 26 heavy (non-hydrogen) atoms. The van der Waals surface area contributed by atoms with E-state index in [2.05, 4.69) is 59.0 Å². The highest BCUT2D eigenvalue weighted by atomic mass is 28.3. The lowest BCUT2D eigenvalue weighted by Gasteiger charge is -2.36. The fourth-order valence-electron chi connectivity index (χ4n) is 4.29. The summed E-state index contributed by atoms with van der Waals surface area (Å²) in [5.41, 5.74) is 2.86. The van der Waals surface area contributed by atoms with Crippen molar-refractivity contribution in [2.24, 2.45) is 11.3 Å². The Morgan fingerprint density at radius 1 is 1.27 bits per heavy atom. The molecule has 0 aromatic heterocycles. The molecule has 3 nitrogen and oxygen atoms in total. The number of benzene rings is 1. The second-order valence-corrected chi connectivity index (χ2v) is 13.2. The largest absolute Gasteiger partial charge is 0.373 e. The molecule has 0 N–H and O–H groups in total. The van der Waals surface area contributed by atoms with Crippen LogP contribution in [-0.2, 0) is 9.78 Å². The van der Waals surface area contributed by atoms with Gasteiger partial charge in [-0.1, -0.05) is 69.7 Å². The molecule has 0 spiro atoms. The first kappa shape index (κ1) is 20.9. The van der Waals surface area contributed by atoms with Crippen LogP contribution >= 0.6 is 0 Å². The Labute approximate surface area is 159 Å². The van der Waals surface area contributed by atoms with Crippen LogP contribution < -0.4 is 5.19 Å². The van der Waals surface area contributed by atoms with Crippen molar-refractivity contribution < 1.29 is 14.6 Å². The fourth-order valence-corrected chi connectivity index (χ4v) is 7.25. The summed E-state index contributed by atoms with van der Waals surface area (Å²) in [4.78, 5) is 22.9. The van der Waals surface area contributed by atoms with E-state index < -0.39 is 14.0 Å². The van der Waals surface area contributed by atoms with E-state index in [9.17, 15) is 4.79 Å². The van der Waals surface area contributed by atoms with Crippen molar-refractivity contribution in [3.8, 4) is 0 Å². The zero-order chi connectivity index (χ0) is 19.4. The SMILES string of the molecule is C=C[Si](CC)(CC)c1ccc(C(=O)OO[C]2CC(C)CC(C)(C)C2)cc1. The molecule has 0 bridgehead atoms. The van der Waals surface area contributed by atoms with Gasteiger partial charge in [-0.25, -0.2) is 4.79 Å². The van der Waals surface area contributed by atoms with Crippen molar-refractivity contribution in [3.05, 3.63) is 48.2 Å². The Hall–Kier alpha value is -1.39. The fraction of sp³-hybridized carbons (Fsp3) is 0.545. The summed E-state index contributed by atoms with van der Waals surface area (Å²) in [7, 11) is -1.64. The number of hydrogen-bond acceptors (Lipinski definition) is 3. The molecule has 0 aliphatic heterocycles. The number of carbonyl (C=O) groups excluding carboxylic acids is 1. The Balaban J connectivity index is 1.99. The molecule has 1 aromatic rings. The second-order valence-electron chi connectivity index (χ2n) is 8.49. The Kier molecular flexibility index (Phi) is 6.86. The molecule has 143 valence electrons. The highest BCUT2D eigenvalue weighted by Crippen LogP contribution is 2.43. The van der Waals surface area contributed by atoms with Crippen LogP contribution in [0.1, 0.15) is 64.2 Å². The maximum absolute atomic E-state index is 12.3. The van der Waals surface area contributed by atoms with E-state index in [-0.39, 0.29) is 5.41 Å². The molecule has 1 unspecified atom stereocenters. The van der Waals surface area contributed by atoms with Gasteiger partial charge in [0.1, 0.15) is 14.2 Å². The quantitative estimate of drug-likeness (QED) is 0.356. The minimum absolute atomic E-state index is 0.194. The molecule has 1 aromatic carbocycles. The predicted octanol–water partition coefficient (Wildman–Crippen LogP) is 5.57. The van der Waals surface area contributed by atoms with Crippen LogP contribution in [0.4, 0.5) is 0 Å². The topological polar surface area (TPSA) is 35.5 Å². The third-order valence-corrected chi connectivity index (χ3v) is 10.5. The molecule has 2 rings (SSSR count). The molecule has 0 heterocycles. The van der Waals surface area contributed by atoms with E-state index >= 15 is 0 Å². The zero-order valence-electron chi connectivity index (χ0n) is 16.9. The third kappa shape index (κ3) is 4.86. The van der Waals surface area contributed by atoms with Crippen LogP contribution in [0.15, 0.2) is 36.5 Å². The van der Waals surface area contributed by atoms with E-state index in [4.69, 9.17) is 9.78 Å². The standard InChI is InChI=1S/C22H33O3Si/c1-7-26(8-2,9-3)20-12-10-18(11-13-20)21(23)25-24-19-14-17(4)15-22(5,6)16-19/h7,10-13,17H,1,8-9,14-16H2,2-6H3. The molecule has 1 saturated carbocycles. The van der Waals surface area contributed by atoms with Gasteiger partial charge in [0, 0.05) is 0 Å². The minimum Gasteiger partial charge on any atom is -0.292 e. The average molecular weight is 374 g/mol. The summed E-state index contributed by atoms with van der Waals surface area (Å²) >= 11 is 0. The molecule has 1 aliphatic carbocycles. The normalized spacial score (nSPS) is 20.6. The molecular weight excluding hydrogens is 340 g/mol. The lowest BCUT2D eigenvalue weighted by molar-refractivity contribution is -0.245. The number of rotatable bonds is 7. The lowest BCUT2D eigenvalue weighted by Crippen LogP contribution is -2.44. The maximum Gasteiger partial charge on any atom is 0.373 e. The molecule has 0 amide bonds. The summed E-state index contributed by atoms with van der Waals surface area (Å²) in [6.07, 6.45) is 3.73. The summed E-state index contributed by atoms with van der Waals surface area (Å²) in [5, 5.41) is 1.31. The molecule has 4 heteroatoms. The second kappa shape index (κ2) is 8.53. The van der Waals surface area contributed by atoms with Crippen LogP contribution in [0.25, 0.3) is 0 Å². The first-order chi connectivity index (χ1) is 12.2. The van der Waals surface area contributed by atoms with Crippen molar-refractivity contribution in [3.63, 3.8) is 0 Å². The lowest BCUT2D eigenvalue weighted by atomic mass is 9.71. The molecule has 1 atom stereocenters. The molecule has 1 aliphatic rings. The van der Waals surface area contributed by atoms with Crippen molar-refractivity contribution in [1.82, 2.24) is 0 Å². The van der Waals surface area contributed by atoms with Crippen LogP contribution in [0, 0.1) is 17.4 Å². The first-order valence-electron chi connectivity index (χ1n) is 9.73. The Morgan fingerprint density at radius 2 is 1.88 bits per heavy atom. The smallest absolute Gasteiger partial charge is 0.292 e. The van der Waals surface area contributed by atoms with Crippen LogP contribution in [-0.4, -0.2) is 14.0 Å². The molecule has 1 fully saturated rings. The highest BCUT2D eigenvalue weighted by molar-refractivity contribution is 6.95. The van der Waals surface area contributed by atoms with E-state index in [0.29, 0.717) is 11.5 Å². The summed E-state index contributed by atoms with van der Waals surface area (Å²) < 4.78 is 0. The third-order valence-electron chi connectivity index (χ3n) is 5.74. The van der Waals surface area contributed by atoms with Crippen molar-refractivity contribution in [1.29, 1.82) is 0 Å². The van der Waals surface area contributed by atoms with E-state index in [1.54, 1.807) is 0 Å². The summed E-state index contributed by atoms with van der Waals surface area (Å²) in [6.45, 7) is 15.2. The molecular formula is C22H33O3Si. The van der Waals surface area contributed by atoms with Crippen LogP contribution in [0.3, 0.4) is 0 Å². The minimum atomic E-state index is -1.64. The van der Waals surface area contributed by atoms with Gasteiger partial charge in [-0.2, -0.15) is 4.89 Å². The van der Waals surface area contributed by atoms with Crippen LogP contribution in [0.2, 0.25) is 12.1 Å². The van der Waals surface area contributed by atoms with Gasteiger partial charge in [0.25, 0.3) is 0 Å². The van der Waals surface area contributed by atoms with Gasteiger partial charge in [-0.05, 0) is 42.7 Å². The van der Waals surface area contributed by atoms with E-state index in [0.717, 1.165) is 31.0 Å². The summed E-state index contributed by atoms with van der Waals surface area (Å²) in [5.74, 6) is 0.116. The number of hydrogen-bond donors (Lipinski definition) is 0. The van der Waals surface area contributed by atoms with Crippen molar-refractivity contribution in [2.75, 3.05) is 0 Å². The van der Waals surface area contributed by atoms with Gasteiger partial charge in [-0.3, -0.25) is 4.89 Å². The Bertz CT molecular complexity index is 617. The molecule has 1 radical (unpaired) electrons. The summed E-state index contributed by atoms with van der Waals surface area (Å²) in [6, 6.07) is 10.0. The zero-order valence-corrected chi connectivity index (χ0v) is 17.9. The highest BCUT2D eigenvalue weighted by Gasteiger charge is 2.35. The van der Waals surface area contributed by atoms with Crippen molar-refractivity contribution in [2.45, 2.75) is 66.0 Å². The van der Waals surface area contributed by atoms with Gasteiger partial charge in [0.05, 0.1) is 5.56 Å². The first-order valence-corrected chi connectivity index (χ1v) is 12.2. The van der Waals surface area contributed by atoms with Gasteiger partial charge in [0.15, 0.2) is 0 Å². The predicted molar refractivity (Wildman–Crippen MR) is 110 cm³/mol. The monoisotopic (exact) mass is 373 g/mol. The number of carbonyl (C=O) groups is 1. The average Bonchev–Trinajstić information content (AvgIpc) is 2.60. The Morgan fingerprint density at radius 3 is 2.38 bits per heavy atom. The molecule has 0 saturated heterocycles. The maximum atomic E-state index is 12.3. The van der Waals surface area contributed by atoms with Gasteiger partial charge in [-0.15, -0.1) is 6.58 Å². The van der Waals surface area contributed by atoms with Crippen molar-refractivity contribution >= 4 is 19.2 Å². The van der Waals surface area contributed by atoms with Gasteiger partial charge in [0.2, 0.25) is 0 Å². The van der Waals surface area contributed by atoms with Gasteiger partial charge < -0.3 is 0 Å². The van der Waals surface area contributed by atoms with E-state index in [1.165, 1.54) is 11.6 Å².